The van der Waals surface area contributed by atoms with Gasteiger partial charge < -0.3 is 0 Å². The van der Waals surface area contributed by atoms with E-state index in [1.165, 1.54) is 11.1 Å². The van der Waals surface area contributed by atoms with Gasteiger partial charge in [-0.25, -0.2) is 0 Å². The van der Waals surface area contributed by atoms with E-state index in [-0.39, 0.29) is 6.04 Å². The summed E-state index contributed by atoms with van der Waals surface area (Å²) in [4.78, 5) is 0. The van der Waals surface area contributed by atoms with E-state index in [1.54, 1.807) is 0 Å². The molecule has 1 aromatic heterocycles. The molecule has 0 saturated heterocycles. The van der Waals surface area contributed by atoms with Gasteiger partial charge in [-0.1, -0.05) is 28.1 Å². The third-order valence-electron chi connectivity index (χ3n) is 3.15. The molecule has 0 fully saturated rings. The molecular formula is C14H19BrN4. The number of aryl methyl sites for hydroxylation is 2. The van der Waals surface area contributed by atoms with Crippen molar-refractivity contribution < 1.29 is 0 Å². The molecule has 3 N–H and O–H groups in total. The molecule has 5 heteroatoms. The van der Waals surface area contributed by atoms with Crippen molar-refractivity contribution in [2.24, 2.45) is 12.9 Å². The average molecular weight is 323 g/mol. The monoisotopic (exact) mass is 322 g/mol. The quantitative estimate of drug-likeness (QED) is 0.633. The van der Waals surface area contributed by atoms with Crippen LogP contribution < -0.4 is 11.3 Å². The lowest BCUT2D eigenvalue weighted by atomic mass is 10.0. The predicted octanol–water partition coefficient (Wildman–Crippen LogP) is 2.19. The Hall–Kier alpha value is -1.17. The van der Waals surface area contributed by atoms with E-state index in [9.17, 15) is 0 Å². The summed E-state index contributed by atoms with van der Waals surface area (Å²) in [5.41, 5.74) is 5.43. The molecule has 102 valence electrons. The number of hydrogen-bond acceptors (Lipinski definition) is 3. The van der Waals surface area contributed by atoms with Crippen LogP contribution in [0.1, 0.15) is 17.5 Å². The van der Waals surface area contributed by atoms with Gasteiger partial charge in [0.1, 0.15) is 0 Å². The molecule has 19 heavy (non-hydrogen) atoms. The van der Waals surface area contributed by atoms with Gasteiger partial charge in [-0.2, -0.15) is 5.10 Å². The van der Waals surface area contributed by atoms with Crippen LogP contribution in [0.25, 0.3) is 0 Å². The zero-order chi connectivity index (χ0) is 13.7. The number of hydrogen-bond donors (Lipinski definition) is 2. The van der Waals surface area contributed by atoms with Crippen molar-refractivity contribution in [3.05, 3.63) is 52.3 Å². The summed E-state index contributed by atoms with van der Waals surface area (Å²) in [5.74, 6) is 5.65. The maximum atomic E-state index is 5.65. The Morgan fingerprint density at radius 3 is 2.89 bits per heavy atom. The van der Waals surface area contributed by atoms with Crippen LogP contribution in [-0.4, -0.2) is 15.8 Å². The number of halogens is 1. The average Bonchev–Trinajstić information content (AvgIpc) is 2.80. The fraction of sp³-hybridized carbons (Fsp3) is 0.357. The first-order valence-electron chi connectivity index (χ1n) is 6.35. The highest BCUT2D eigenvalue weighted by Crippen LogP contribution is 2.14. The fourth-order valence-corrected chi connectivity index (χ4v) is 2.58. The standard InChI is InChI=1S/C14H19BrN4/c1-19-10-12(9-17-19)5-6-14(18-16)8-11-3-2-4-13(15)7-11/h2-4,7,9-10,14,18H,5-6,8,16H2,1H3. The molecule has 1 aromatic carbocycles. The fourth-order valence-electron chi connectivity index (χ4n) is 2.13. The maximum Gasteiger partial charge on any atom is 0.0521 e. The SMILES string of the molecule is Cn1cc(CCC(Cc2cccc(Br)c2)NN)cn1. The second-order valence-corrected chi connectivity index (χ2v) is 5.67. The summed E-state index contributed by atoms with van der Waals surface area (Å²) in [6.07, 6.45) is 6.86. The molecule has 0 aliphatic rings. The van der Waals surface area contributed by atoms with Crippen molar-refractivity contribution in [3.63, 3.8) is 0 Å². The van der Waals surface area contributed by atoms with Crippen molar-refractivity contribution in [2.75, 3.05) is 0 Å². The molecule has 0 radical (unpaired) electrons. The number of aromatic nitrogens is 2. The van der Waals surface area contributed by atoms with E-state index < -0.39 is 0 Å². The van der Waals surface area contributed by atoms with Gasteiger partial charge in [-0.15, -0.1) is 0 Å². The molecule has 4 nitrogen and oxygen atoms in total. The number of hydrazine groups is 1. The van der Waals surface area contributed by atoms with Crippen molar-refractivity contribution in [1.82, 2.24) is 15.2 Å². The van der Waals surface area contributed by atoms with Crippen molar-refractivity contribution >= 4 is 15.9 Å². The topological polar surface area (TPSA) is 55.9 Å². The molecule has 1 heterocycles. The Balaban J connectivity index is 1.89. The summed E-state index contributed by atoms with van der Waals surface area (Å²) in [5, 5.41) is 4.17. The Kier molecular flexibility index (Phi) is 5.13. The van der Waals surface area contributed by atoms with Crippen LogP contribution in [-0.2, 0) is 19.9 Å². The van der Waals surface area contributed by atoms with Gasteiger partial charge in [0.15, 0.2) is 0 Å². The van der Waals surface area contributed by atoms with Crippen LogP contribution in [0.5, 0.6) is 0 Å². The second kappa shape index (κ2) is 6.84. The Labute approximate surface area is 122 Å². The van der Waals surface area contributed by atoms with E-state index in [1.807, 2.05) is 36.3 Å². The molecule has 0 aliphatic carbocycles. The molecule has 0 amide bonds. The summed E-state index contributed by atoms with van der Waals surface area (Å²) in [6.45, 7) is 0. The number of rotatable bonds is 6. The van der Waals surface area contributed by atoms with Gasteiger partial charge in [0.05, 0.1) is 6.20 Å². The summed E-state index contributed by atoms with van der Waals surface area (Å²) in [6, 6.07) is 8.61. The van der Waals surface area contributed by atoms with Gasteiger partial charge >= 0.3 is 0 Å². The zero-order valence-corrected chi connectivity index (χ0v) is 12.6. The molecule has 0 aliphatic heterocycles. The molecule has 0 saturated carbocycles. The van der Waals surface area contributed by atoms with Gasteiger partial charge in [0.2, 0.25) is 0 Å². The largest absolute Gasteiger partial charge is 0.276 e. The van der Waals surface area contributed by atoms with E-state index >= 15 is 0 Å². The minimum Gasteiger partial charge on any atom is -0.276 e. The highest BCUT2D eigenvalue weighted by Gasteiger charge is 2.09. The highest BCUT2D eigenvalue weighted by molar-refractivity contribution is 9.10. The predicted molar refractivity (Wildman–Crippen MR) is 80.5 cm³/mol. The van der Waals surface area contributed by atoms with Crippen molar-refractivity contribution in [2.45, 2.75) is 25.3 Å². The van der Waals surface area contributed by atoms with Crippen LogP contribution in [0.3, 0.4) is 0 Å². The van der Waals surface area contributed by atoms with E-state index in [2.05, 4.69) is 38.6 Å². The number of nitrogens with zero attached hydrogens (tertiary/aromatic N) is 2. The first-order chi connectivity index (χ1) is 9.17. The minimum absolute atomic E-state index is 0.273. The Morgan fingerprint density at radius 1 is 1.42 bits per heavy atom. The Morgan fingerprint density at radius 2 is 2.26 bits per heavy atom. The lowest BCUT2D eigenvalue weighted by Crippen LogP contribution is -2.37. The molecule has 2 aromatic rings. The van der Waals surface area contributed by atoms with Gasteiger partial charge in [0, 0.05) is 23.8 Å². The van der Waals surface area contributed by atoms with E-state index in [0.29, 0.717) is 0 Å². The summed E-state index contributed by atoms with van der Waals surface area (Å²) >= 11 is 3.49. The molecule has 2 rings (SSSR count). The molecular weight excluding hydrogens is 304 g/mol. The highest BCUT2D eigenvalue weighted by atomic mass is 79.9. The minimum atomic E-state index is 0.273. The second-order valence-electron chi connectivity index (χ2n) is 4.76. The molecule has 0 spiro atoms. The van der Waals surface area contributed by atoms with Gasteiger partial charge in [-0.3, -0.25) is 16.0 Å². The number of nitrogens with one attached hydrogen (secondary N) is 1. The lowest BCUT2D eigenvalue weighted by Gasteiger charge is -2.15. The van der Waals surface area contributed by atoms with Crippen LogP contribution in [0.15, 0.2) is 41.1 Å². The third-order valence-corrected chi connectivity index (χ3v) is 3.64. The number of benzene rings is 1. The van der Waals surface area contributed by atoms with Gasteiger partial charge in [0.25, 0.3) is 0 Å². The third kappa shape index (κ3) is 4.45. The van der Waals surface area contributed by atoms with Crippen molar-refractivity contribution in [1.29, 1.82) is 0 Å². The Bertz CT molecular complexity index is 524. The van der Waals surface area contributed by atoms with E-state index in [0.717, 1.165) is 23.7 Å². The summed E-state index contributed by atoms with van der Waals surface area (Å²) in [7, 11) is 1.93. The molecule has 0 bridgehead atoms. The lowest BCUT2D eigenvalue weighted by molar-refractivity contribution is 0.491. The summed E-state index contributed by atoms with van der Waals surface area (Å²) < 4.78 is 2.93. The molecule has 1 unspecified atom stereocenters. The number of nitrogens with two attached hydrogens (primary N) is 1. The van der Waals surface area contributed by atoms with Gasteiger partial charge in [-0.05, 0) is 42.5 Å². The smallest absolute Gasteiger partial charge is 0.0521 e. The molecule has 1 atom stereocenters. The van der Waals surface area contributed by atoms with E-state index in [4.69, 9.17) is 5.84 Å². The van der Waals surface area contributed by atoms with Crippen LogP contribution >= 0.6 is 15.9 Å². The van der Waals surface area contributed by atoms with Crippen LogP contribution in [0.4, 0.5) is 0 Å². The first-order valence-corrected chi connectivity index (χ1v) is 7.15. The van der Waals surface area contributed by atoms with Crippen molar-refractivity contribution in [3.8, 4) is 0 Å². The zero-order valence-electron chi connectivity index (χ0n) is 11.0. The maximum absolute atomic E-state index is 5.65. The normalized spacial score (nSPS) is 12.6. The first kappa shape index (κ1) is 14.2. The van der Waals surface area contributed by atoms with Crippen LogP contribution in [0.2, 0.25) is 0 Å². The van der Waals surface area contributed by atoms with Crippen LogP contribution in [0, 0.1) is 0 Å².